The number of carbonyl (C=O) groups excluding carboxylic acids is 1. The molecule has 3 rings (SSSR count). The van der Waals surface area contributed by atoms with E-state index in [0.29, 0.717) is 37.3 Å². The van der Waals surface area contributed by atoms with E-state index in [2.05, 4.69) is 11.4 Å². The number of nitrogens with zero attached hydrogens (tertiary/aromatic N) is 2. The molecule has 5 heteroatoms. The van der Waals surface area contributed by atoms with Gasteiger partial charge in [-0.15, -0.1) is 0 Å². The van der Waals surface area contributed by atoms with Crippen LogP contribution < -0.4 is 5.32 Å². The summed E-state index contributed by atoms with van der Waals surface area (Å²) in [4.78, 5) is 14.6. The molecule has 5 nitrogen and oxygen atoms in total. The average molecular weight is 363 g/mol. The lowest BCUT2D eigenvalue weighted by molar-refractivity contribution is -0.0586. The Morgan fingerprint density at radius 1 is 1.11 bits per heavy atom. The van der Waals surface area contributed by atoms with Crippen LogP contribution in [0.1, 0.15) is 40.9 Å². The van der Waals surface area contributed by atoms with Crippen LogP contribution in [0.3, 0.4) is 0 Å². The predicted molar refractivity (Wildman–Crippen MR) is 104 cm³/mol. The largest absolute Gasteiger partial charge is 0.372 e. The molecular weight excluding hydrogens is 338 g/mol. The highest BCUT2D eigenvalue weighted by Crippen LogP contribution is 2.15. The highest BCUT2D eigenvalue weighted by Gasteiger charge is 2.26. The first-order chi connectivity index (χ1) is 13.0. The summed E-state index contributed by atoms with van der Waals surface area (Å²) in [6, 6.07) is 17.5. The van der Waals surface area contributed by atoms with Crippen molar-refractivity contribution in [3.63, 3.8) is 0 Å². The van der Waals surface area contributed by atoms with Gasteiger partial charge >= 0.3 is 0 Å². The fraction of sp³-hybridized carbons (Fsp3) is 0.364. The van der Waals surface area contributed by atoms with Gasteiger partial charge in [0, 0.05) is 31.7 Å². The van der Waals surface area contributed by atoms with E-state index in [1.54, 1.807) is 6.07 Å². The summed E-state index contributed by atoms with van der Waals surface area (Å²) in [5, 5.41) is 12.3. The second kappa shape index (κ2) is 8.81. The van der Waals surface area contributed by atoms with Crippen molar-refractivity contribution in [2.24, 2.45) is 0 Å². The van der Waals surface area contributed by atoms with Crippen molar-refractivity contribution in [3.8, 4) is 6.07 Å². The van der Waals surface area contributed by atoms with E-state index in [9.17, 15) is 4.79 Å². The minimum Gasteiger partial charge on any atom is -0.372 e. The normalized spacial score (nSPS) is 19.5. The summed E-state index contributed by atoms with van der Waals surface area (Å²) >= 11 is 0. The molecule has 2 aromatic carbocycles. The number of hydrogen-bond acceptors (Lipinski definition) is 4. The minimum atomic E-state index is 0.0600. The van der Waals surface area contributed by atoms with Gasteiger partial charge in [0.25, 0.3) is 5.91 Å². The van der Waals surface area contributed by atoms with Gasteiger partial charge in [0.1, 0.15) is 0 Å². The van der Waals surface area contributed by atoms with Gasteiger partial charge in [-0.05, 0) is 49.2 Å². The third-order valence-electron chi connectivity index (χ3n) is 4.62. The van der Waals surface area contributed by atoms with E-state index in [1.165, 1.54) is 0 Å². The number of benzene rings is 2. The van der Waals surface area contributed by atoms with Crippen LogP contribution in [0.5, 0.6) is 0 Å². The van der Waals surface area contributed by atoms with Crippen LogP contribution in [0.25, 0.3) is 0 Å². The number of morpholine rings is 1. The van der Waals surface area contributed by atoms with Crippen LogP contribution in [0.4, 0.5) is 0 Å². The molecule has 0 aromatic heterocycles. The summed E-state index contributed by atoms with van der Waals surface area (Å²) in [5.41, 5.74) is 3.58. The first-order valence-electron chi connectivity index (χ1n) is 9.28. The number of nitriles is 1. The van der Waals surface area contributed by atoms with Crippen molar-refractivity contribution in [1.29, 1.82) is 5.26 Å². The highest BCUT2D eigenvalue weighted by molar-refractivity contribution is 5.94. The lowest BCUT2D eigenvalue weighted by Gasteiger charge is -2.35. The molecule has 0 bridgehead atoms. The molecular formula is C22H25N3O2. The van der Waals surface area contributed by atoms with Crippen LogP contribution in [0.15, 0.2) is 48.5 Å². The zero-order valence-electron chi connectivity index (χ0n) is 15.8. The third kappa shape index (κ3) is 5.16. The lowest BCUT2D eigenvalue weighted by atomic mass is 10.1. The number of hydrogen-bond donors (Lipinski definition) is 1. The van der Waals surface area contributed by atoms with Gasteiger partial charge in [-0.25, -0.2) is 0 Å². The highest BCUT2D eigenvalue weighted by atomic mass is 16.5. The van der Waals surface area contributed by atoms with Crippen molar-refractivity contribution in [2.75, 3.05) is 13.1 Å². The van der Waals surface area contributed by atoms with E-state index >= 15 is 0 Å². The zero-order chi connectivity index (χ0) is 19.2. The van der Waals surface area contributed by atoms with Crippen LogP contribution in [-0.2, 0) is 17.8 Å². The molecule has 1 saturated heterocycles. The molecule has 1 amide bonds. The lowest BCUT2D eigenvalue weighted by Crippen LogP contribution is -2.48. The Morgan fingerprint density at radius 3 is 2.44 bits per heavy atom. The van der Waals surface area contributed by atoms with Crippen molar-refractivity contribution >= 4 is 5.91 Å². The number of amides is 1. The Balaban J connectivity index is 1.54. The van der Waals surface area contributed by atoms with E-state index in [4.69, 9.17) is 10.00 Å². The van der Waals surface area contributed by atoms with Crippen LogP contribution in [0.2, 0.25) is 0 Å². The topological polar surface area (TPSA) is 65.4 Å². The van der Waals surface area contributed by atoms with Gasteiger partial charge in [0.05, 0.1) is 23.8 Å². The van der Waals surface area contributed by atoms with E-state index in [0.717, 1.165) is 11.1 Å². The Hall–Kier alpha value is -2.68. The monoisotopic (exact) mass is 363 g/mol. The Labute approximate surface area is 160 Å². The average Bonchev–Trinajstić information content (AvgIpc) is 2.67. The molecule has 0 radical (unpaired) electrons. The summed E-state index contributed by atoms with van der Waals surface area (Å²) < 4.78 is 5.70. The van der Waals surface area contributed by atoms with Crippen molar-refractivity contribution in [3.05, 3.63) is 70.8 Å². The zero-order valence-corrected chi connectivity index (χ0v) is 15.8. The molecule has 1 aliphatic heterocycles. The van der Waals surface area contributed by atoms with Gasteiger partial charge < -0.3 is 15.0 Å². The molecule has 2 aromatic rings. The maximum atomic E-state index is 12.7. The standard InChI is InChI=1S/C22H25N3O2/c1-16-14-25(15-17(2)27-16)22(26)21-8-6-18(7-9-21)12-24-13-20-5-3-4-19(10-20)11-23/h3-10,16-17,24H,12-15H2,1-2H3. The molecule has 27 heavy (non-hydrogen) atoms. The van der Waals surface area contributed by atoms with Gasteiger partial charge in [-0.1, -0.05) is 24.3 Å². The maximum absolute atomic E-state index is 12.7. The van der Waals surface area contributed by atoms with Crippen LogP contribution in [0, 0.1) is 11.3 Å². The van der Waals surface area contributed by atoms with Crippen LogP contribution in [-0.4, -0.2) is 36.1 Å². The first kappa shape index (κ1) is 19.1. The molecule has 140 valence electrons. The number of nitrogens with one attached hydrogen (secondary N) is 1. The summed E-state index contributed by atoms with van der Waals surface area (Å²) in [6.07, 6.45) is 0.140. The number of ether oxygens (including phenoxy) is 1. The Morgan fingerprint density at radius 2 is 1.78 bits per heavy atom. The number of rotatable bonds is 5. The maximum Gasteiger partial charge on any atom is 0.254 e. The van der Waals surface area contributed by atoms with Crippen LogP contribution >= 0.6 is 0 Å². The molecule has 0 saturated carbocycles. The van der Waals surface area contributed by atoms with Crippen molar-refractivity contribution in [2.45, 2.75) is 39.1 Å². The van der Waals surface area contributed by atoms with Crippen molar-refractivity contribution < 1.29 is 9.53 Å². The summed E-state index contributed by atoms with van der Waals surface area (Å²) in [6.45, 7) is 6.66. The summed E-state index contributed by atoms with van der Waals surface area (Å²) in [7, 11) is 0. The smallest absolute Gasteiger partial charge is 0.254 e. The molecule has 2 atom stereocenters. The molecule has 1 fully saturated rings. The van der Waals surface area contributed by atoms with E-state index < -0.39 is 0 Å². The molecule has 1 N–H and O–H groups in total. The summed E-state index contributed by atoms with van der Waals surface area (Å²) in [5.74, 6) is 0.0600. The molecule has 2 unspecified atom stereocenters. The minimum absolute atomic E-state index is 0.0600. The van der Waals surface area contributed by atoms with E-state index in [1.807, 2.05) is 61.2 Å². The second-order valence-corrected chi connectivity index (χ2v) is 7.08. The van der Waals surface area contributed by atoms with Gasteiger partial charge in [0.2, 0.25) is 0 Å². The molecule has 1 aliphatic rings. The van der Waals surface area contributed by atoms with Gasteiger partial charge in [-0.3, -0.25) is 4.79 Å². The van der Waals surface area contributed by atoms with E-state index in [-0.39, 0.29) is 18.1 Å². The number of carbonyl (C=O) groups is 1. The second-order valence-electron chi connectivity index (χ2n) is 7.08. The third-order valence-corrected chi connectivity index (χ3v) is 4.62. The predicted octanol–water partition coefficient (Wildman–Crippen LogP) is 3.10. The SMILES string of the molecule is CC1CN(C(=O)c2ccc(CNCc3cccc(C#N)c3)cc2)CC(C)O1. The quantitative estimate of drug-likeness (QED) is 0.886. The van der Waals surface area contributed by atoms with Gasteiger partial charge in [0.15, 0.2) is 0 Å². The molecule has 1 heterocycles. The fourth-order valence-electron chi connectivity index (χ4n) is 3.39. The Kier molecular flexibility index (Phi) is 6.23. The molecule has 0 spiro atoms. The Bertz CT molecular complexity index is 816. The molecule has 0 aliphatic carbocycles. The first-order valence-corrected chi connectivity index (χ1v) is 9.28. The van der Waals surface area contributed by atoms with Crippen molar-refractivity contribution in [1.82, 2.24) is 10.2 Å². The fourth-order valence-corrected chi connectivity index (χ4v) is 3.39. The van der Waals surface area contributed by atoms with Gasteiger partial charge in [-0.2, -0.15) is 5.26 Å².